The zero-order valence-corrected chi connectivity index (χ0v) is 20.1. The van der Waals surface area contributed by atoms with Crippen LogP contribution in [0.15, 0.2) is 59.6 Å². The second kappa shape index (κ2) is 11.9. The van der Waals surface area contributed by atoms with Crippen LogP contribution in [0.1, 0.15) is 11.1 Å². The molecule has 0 radical (unpaired) electrons. The first-order chi connectivity index (χ1) is 14.9. The van der Waals surface area contributed by atoms with Gasteiger partial charge in [0.25, 0.3) is 0 Å². The smallest absolute Gasteiger partial charge is 0.368 e. The van der Waals surface area contributed by atoms with Crippen molar-refractivity contribution in [3.05, 3.63) is 65.7 Å². The highest BCUT2D eigenvalue weighted by Gasteiger charge is 2.29. The average molecular weight is 561 g/mol. The number of carbonyl (C=O) groups excluding carboxylic acids is 1. The predicted octanol–water partition coefficient (Wildman–Crippen LogP) is 3.34. The maximum atomic E-state index is 12.6. The zero-order valence-electron chi connectivity index (χ0n) is 17.7. The highest BCUT2D eigenvalue weighted by molar-refractivity contribution is 14.0. The summed E-state index contributed by atoms with van der Waals surface area (Å²) in [5.41, 5.74) is 1.15. The van der Waals surface area contributed by atoms with Crippen LogP contribution in [-0.2, 0) is 17.5 Å². The number of guanidine groups is 1. The predicted molar refractivity (Wildman–Crippen MR) is 130 cm³/mol. The molecule has 0 spiro atoms. The Morgan fingerprint density at radius 1 is 0.969 bits per heavy atom. The molecule has 0 bridgehead atoms. The number of piperazine rings is 1. The van der Waals surface area contributed by atoms with Crippen LogP contribution in [0.25, 0.3) is 0 Å². The van der Waals surface area contributed by atoms with Crippen molar-refractivity contribution in [3.8, 4) is 0 Å². The Morgan fingerprint density at radius 3 is 2.16 bits per heavy atom. The molecule has 2 aromatic rings. The van der Waals surface area contributed by atoms with Gasteiger partial charge in [-0.1, -0.05) is 30.3 Å². The molecule has 1 amide bonds. The first kappa shape index (κ1) is 25.8. The van der Waals surface area contributed by atoms with Gasteiger partial charge in [-0.3, -0.25) is 9.79 Å². The summed E-state index contributed by atoms with van der Waals surface area (Å²) in [6, 6.07) is 15.0. The van der Waals surface area contributed by atoms with Gasteiger partial charge in [-0.25, -0.2) is 0 Å². The first-order valence-electron chi connectivity index (χ1n) is 10.1. The minimum Gasteiger partial charge on any atom is -0.368 e. The molecular formula is C22H27F3IN5O. The van der Waals surface area contributed by atoms with E-state index in [0.717, 1.165) is 30.9 Å². The van der Waals surface area contributed by atoms with Crippen LogP contribution in [-0.4, -0.2) is 56.5 Å². The number of amides is 1. The van der Waals surface area contributed by atoms with Gasteiger partial charge in [0.15, 0.2) is 5.96 Å². The molecule has 1 aliphatic heterocycles. The van der Waals surface area contributed by atoms with Gasteiger partial charge >= 0.3 is 6.18 Å². The fourth-order valence-corrected chi connectivity index (χ4v) is 3.34. The highest BCUT2D eigenvalue weighted by Crippen LogP contribution is 2.29. The SMILES string of the molecule is CN=C(NCC(=O)N1CCN(c2ccccc2)CC1)NCc1ccc(C(F)(F)F)cc1.I. The second-order valence-corrected chi connectivity index (χ2v) is 7.18. The molecule has 2 aromatic carbocycles. The van der Waals surface area contributed by atoms with E-state index in [1.165, 1.54) is 12.1 Å². The molecule has 0 atom stereocenters. The summed E-state index contributed by atoms with van der Waals surface area (Å²) < 4.78 is 37.9. The number of nitrogens with one attached hydrogen (secondary N) is 2. The van der Waals surface area contributed by atoms with Crippen LogP contribution in [0.4, 0.5) is 18.9 Å². The summed E-state index contributed by atoms with van der Waals surface area (Å²) in [5.74, 6) is 0.390. The lowest BCUT2D eigenvalue weighted by Gasteiger charge is -2.36. The van der Waals surface area contributed by atoms with Crippen LogP contribution < -0.4 is 15.5 Å². The second-order valence-electron chi connectivity index (χ2n) is 7.18. The molecule has 0 aromatic heterocycles. The number of anilines is 1. The molecule has 1 saturated heterocycles. The maximum absolute atomic E-state index is 12.6. The molecule has 1 fully saturated rings. The van der Waals surface area contributed by atoms with Gasteiger partial charge in [0, 0.05) is 45.5 Å². The van der Waals surface area contributed by atoms with Crippen molar-refractivity contribution in [2.24, 2.45) is 4.99 Å². The molecule has 0 unspecified atom stereocenters. The van der Waals surface area contributed by atoms with Crippen molar-refractivity contribution in [2.75, 3.05) is 44.7 Å². The van der Waals surface area contributed by atoms with Gasteiger partial charge in [0.1, 0.15) is 0 Å². The fraction of sp³-hybridized carbons (Fsp3) is 0.364. The summed E-state index contributed by atoms with van der Waals surface area (Å²) in [7, 11) is 1.57. The van der Waals surface area contributed by atoms with Crippen LogP contribution in [0.2, 0.25) is 0 Å². The van der Waals surface area contributed by atoms with E-state index in [0.29, 0.717) is 31.2 Å². The van der Waals surface area contributed by atoms with E-state index in [1.807, 2.05) is 23.1 Å². The Hall–Kier alpha value is -2.50. The quantitative estimate of drug-likeness (QED) is 0.334. The molecule has 174 valence electrons. The van der Waals surface area contributed by atoms with E-state index in [1.54, 1.807) is 7.05 Å². The van der Waals surface area contributed by atoms with E-state index in [9.17, 15) is 18.0 Å². The van der Waals surface area contributed by atoms with Gasteiger partial charge in [-0.05, 0) is 29.8 Å². The summed E-state index contributed by atoms with van der Waals surface area (Å²) in [5, 5.41) is 5.98. The zero-order chi connectivity index (χ0) is 22.3. The van der Waals surface area contributed by atoms with E-state index in [-0.39, 0.29) is 36.4 Å². The summed E-state index contributed by atoms with van der Waals surface area (Å²) in [4.78, 5) is 20.7. The van der Waals surface area contributed by atoms with Crippen LogP contribution in [0, 0.1) is 0 Å². The minimum atomic E-state index is -4.35. The number of benzene rings is 2. The van der Waals surface area contributed by atoms with Gasteiger partial charge in [0.2, 0.25) is 5.91 Å². The van der Waals surface area contributed by atoms with Crippen molar-refractivity contribution in [1.82, 2.24) is 15.5 Å². The Bertz CT molecular complexity index is 883. The highest BCUT2D eigenvalue weighted by atomic mass is 127. The standard InChI is InChI=1S/C22H26F3N5O.HI/c1-26-21(27-15-17-7-9-18(10-8-17)22(23,24)25)28-16-20(31)30-13-11-29(12-14-30)19-5-3-2-4-6-19;/h2-10H,11-16H2,1H3,(H2,26,27,28);1H. The molecule has 0 saturated carbocycles. The molecular weight excluding hydrogens is 534 g/mol. The van der Waals surface area contributed by atoms with Crippen molar-refractivity contribution in [3.63, 3.8) is 0 Å². The molecule has 3 rings (SSSR count). The number of halogens is 4. The third-order valence-corrected chi connectivity index (χ3v) is 5.13. The number of alkyl halides is 3. The fourth-order valence-electron chi connectivity index (χ4n) is 3.34. The number of aliphatic imine (C=N–C) groups is 1. The number of hydrogen-bond acceptors (Lipinski definition) is 3. The van der Waals surface area contributed by atoms with Crippen molar-refractivity contribution >= 4 is 41.5 Å². The normalized spacial score (nSPS) is 14.6. The van der Waals surface area contributed by atoms with E-state index < -0.39 is 11.7 Å². The third-order valence-electron chi connectivity index (χ3n) is 5.13. The largest absolute Gasteiger partial charge is 0.416 e. The lowest BCUT2D eigenvalue weighted by atomic mass is 10.1. The van der Waals surface area contributed by atoms with Crippen molar-refractivity contribution < 1.29 is 18.0 Å². The van der Waals surface area contributed by atoms with Crippen molar-refractivity contribution in [1.29, 1.82) is 0 Å². The number of hydrogen-bond donors (Lipinski definition) is 2. The lowest BCUT2D eigenvalue weighted by Crippen LogP contribution is -2.52. The van der Waals surface area contributed by atoms with E-state index in [4.69, 9.17) is 0 Å². The van der Waals surface area contributed by atoms with Crippen LogP contribution in [0.5, 0.6) is 0 Å². The maximum Gasteiger partial charge on any atom is 0.416 e. The van der Waals surface area contributed by atoms with Gasteiger partial charge in [-0.2, -0.15) is 13.2 Å². The molecule has 10 heteroatoms. The lowest BCUT2D eigenvalue weighted by molar-refractivity contribution is -0.137. The monoisotopic (exact) mass is 561 g/mol. The number of para-hydroxylation sites is 1. The summed E-state index contributed by atoms with van der Waals surface area (Å²) in [6.45, 7) is 3.23. The van der Waals surface area contributed by atoms with Gasteiger partial charge in [-0.15, -0.1) is 24.0 Å². The molecule has 0 aliphatic carbocycles. The number of carbonyl (C=O) groups is 1. The molecule has 6 nitrogen and oxygen atoms in total. The Balaban J connectivity index is 0.00000363. The third kappa shape index (κ3) is 7.28. The average Bonchev–Trinajstić information content (AvgIpc) is 2.79. The Morgan fingerprint density at radius 2 is 1.59 bits per heavy atom. The molecule has 1 heterocycles. The first-order valence-corrected chi connectivity index (χ1v) is 10.1. The van der Waals surface area contributed by atoms with E-state index in [2.05, 4.69) is 32.7 Å². The summed E-state index contributed by atoms with van der Waals surface area (Å²) >= 11 is 0. The van der Waals surface area contributed by atoms with Gasteiger partial charge in [0.05, 0.1) is 12.1 Å². The Labute approximate surface area is 202 Å². The topological polar surface area (TPSA) is 60.0 Å². The van der Waals surface area contributed by atoms with Crippen LogP contribution in [0.3, 0.4) is 0 Å². The Kier molecular flexibility index (Phi) is 9.60. The number of rotatable bonds is 5. The molecule has 1 aliphatic rings. The summed E-state index contributed by atoms with van der Waals surface area (Å²) in [6.07, 6.45) is -4.35. The molecule has 32 heavy (non-hydrogen) atoms. The van der Waals surface area contributed by atoms with E-state index >= 15 is 0 Å². The van der Waals surface area contributed by atoms with Crippen LogP contribution >= 0.6 is 24.0 Å². The molecule has 2 N–H and O–H groups in total. The van der Waals surface area contributed by atoms with Crippen molar-refractivity contribution in [2.45, 2.75) is 12.7 Å². The van der Waals surface area contributed by atoms with Gasteiger partial charge < -0.3 is 20.4 Å². The number of nitrogens with zero attached hydrogens (tertiary/aromatic N) is 3. The minimum absolute atomic E-state index is 0.